The molecular weight excluding hydrogens is 184 g/mol. The van der Waals surface area contributed by atoms with Crippen molar-refractivity contribution >= 4 is 5.78 Å². The predicted molar refractivity (Wildman–Crippen MR) is 62.3 cm³/mol. The van der Waals surface area contributed by atoms with Gasteiger partial charge in [0, 0.05) is 5.56 Å². The molecule has 1 aliphatic rings. The zero-order valence-electron chi connectivity index (χ0n) is 9.71. The average molecular weight is 202 g/mol. The Morgan fingerprint density at radius 2 is 2.13 bits per heavy atom. The van der Waals surface area contributed by atoms with E-state index in [-0.39, 0.29) is 5.78 Å². The van der Waals surface area contributed by atoms with Gasteiger partial charge in [-0.1, -0.05) is 26.0 Å². The van der Waals surface area contributed by atoms with Crippen molar-refractivity contribution in [1.29, 1.82) is 0 Å². The van der Waals surface area contributed by atoms with Crippen LogP contribution >= 0.6 is 0 Å². The molecule has 0 saturated carbocycles. The van der Waals surface area contributed by atoms with Crippen molar-refractivity contribution < 1.29 is 4.79 Å². The zero-order chi connectivity index (χ0) is 11.0. The van der Waals surface area contributed by atoms with Crippen molar-refractivity contribution in [3.63, 3.8) is 0 Å². The maximum atomic E-state index is 11.3. The molecule has 2 rings (SSSR count). The van der Waals surface area contributed by atoms with Crippen molar-refractivity contribution in [2.75, 3.05) is 0 Å². The van der Waals surface area contributed by atoms with E-state index in [0.29, 0.717) is 11.8 Å². The van der Waals surface area contributed by atoms with Crippen molar-refractivity contribution in [1.82, 2.24) is 0 Å². The number of hydrogen-bond donors (Lipinski definition) is 0. The van der Waals surface area contributed by atoms with Crippen molar-refractivity contribution in [3.05, 3.63) is 34.9 Å². The summed E-state index contributed by atoms with van der Waals surface area (Å²) in [5.74, 6) is 1.50. The highest BCUT2D eigenvalue weighted by molar-refractivity contribution is 5.94. The molecule has 1 aliphatic carbocycles. The number of ketones is 1. The fourth-order valence-corrected chi connectivity index (χ4v) is 2.55. The van der Waals surface area contributed by atoms with E-state index in [9.17, 15) is 4.79 Å². The molecule has 1 aromatic carbocycles. The molecule has 0 radical (unpaired) electrons. The number of benzene rings is 1. The third-order valence-corrected chi connectivity index (χ3v) is 3.48. The topological polar surface area (TPSA) is 17.1 Å². The van der Waals surface area contributed by atoms with Crippen LogP contribution in [0.1, 0.15) is 54.6 Å². The van der Waals surface area contributed by atoms with Gasteiger partial charge in [0.05, 0.1) is 0 Å². The largest absolute Gasteiger partial charge is 0.295 e. The van der Waals surface area contributed by atoms with E-state index in [2.05, 4.69) is 26.0 Å². The van der Waals surface area contributed by atoms with Crippen molar-refractivity contribution in [2.45, 2.75) is 39.5 Å². The summed E-state index contributed by atoms with van der Waals surface area (Å²) in [6.07, 6.45) is 2.42. The first-order valence-electron chi connectivity index (χ1n) is 5.73. The minimum Gasteiger partial charge on any atom is -0.295 e. The Hall–Kier alpha value is -1.11. The van der Waals surface area contributed by atoms with E-state index < -0.39 is 0 Å². The fourth-order valence-electron chi connectivity index (χ4n) is 2.55. The molecular formula is C14H18O. The second-order valence-corrected chi connectivity index (χ2v) is 4.86. The highest BCUT2D eigenvalue weighted by Gasteiger charge is 2.25. The number of hydrogen-bond acceptors (Lipinski definition) is 1. The molecule has 1 atom stereocenters. The Balaban J connectivity index is 2.42. The normalized spacial score (nSPS) is 19.3. The predicted octanol–water partition coefficient (Wildman–Crippen LogP) is 3.58. The van der Waals surface area contributed by atoms with Crippen LogP contribution in [0.15, 0.2) is 18.2 Å². The number of Topliss-reactive ketones (excluding diaryl/α,β-unsaturated/α-hetero) is 1. The summed E-state index contributed by atoms with van der Waals surface area (Å²) in [5.41, 5.74) is 3.72. The van der Waals surface area contributed by atoms with E-state index in [1.54, 1.807) is 6.92 Å². The van der Waals surface area contributed by atoms with E-state index >= 15 is 0 Å². The van der Waals surface area contributed by atoms with Crippen LogP contribution in [0, 0.1) is 5.92 Å². The SMILES string of the molecule is CC(=O)c1ccc2c(c1)[C@H](C(C)C)CC2. The van der Waals surface area contributed by atoms with Gasteiger partial charge in [0.25, 0.3) is 0 Å². The molecule has 0 aliphatic heterocycles. The summed E-state index contributed by atoms with van der Waals surface area (Å²) in [5, 5.41) is 0. The Bertz CT molecular complexity index is 390. The lowest BCUT2D eigenvalue weighted by molar-refractivity contribution is 0.101. The lowest BCUT2D eigenvalue weighted by atomic mass is 9.89. The van der Waals surface area contributed by atoms with E-state index in [1.807, 2.05) is 6.07 Å². The number of rotatable bonds is 2. The lowest BCUT2D eigenvalue weighted by Gasteiger charge is -2.16. The molecule has 0 amide bonds. The van der Waals surface area contributed by atoms with Gasteiger partial charge in [0.15, 0.2) is 5.78 Å². The third-order valence-electron chi connectivity index (χ3n) is 3.48. The second-order valence-electron chi connectivity index (χ2n) is 4.86. The van der Waals surface area contributed by atoms with Gasteiger partial charge in [0.1, 0.15) is 0 Å². The molecule has 0 fully saturated rings. The molecule has 0 unspecified atom stereocenters. The summed E-state index contributed by atoms with van der Waals surface area (Å²) in [4.78, 5) is 11.3. The van der Waals surface area contributed by atoms with Gasteiger partial charge in [-0.05, 0) is 48.8 Å². The van der Waals surface area contributed by atoms with Crippen LogP contribution in [0.4, 0.5) is 0 Å². The molecule has 0 spiro atoms. The maximum Gasteiger partial charge on any atom is 0.159 e. The van der Waals surface area contributed by atoms with Crippen molar-refractivity contribution in [3.8, 4) is 0 Å². The van der Waals surface area contributed by atoms with E-state index in [1.165, 1.54) is 24.0 Å². The van der Waals surface area contributed by atoms with E-state index in [0.717, 1.165) is 5.56 Å². The smallest absolute Gasteiger partial charge is 0.159 e. The van der Waals surface area contributed by atoms with Crippen LogP contribution in [0.3, 0.4) is 0 Å². The Morgan fingerprint density at radius 3 is 2.73 bits per heavy atom. The Morgan fingerprint density at radius 1 is 1.40 bits per heavy atom. The van der Waals surface area contributed by atoms with Gasteiger partial charge in [-0.25, -0.2) is 0 Å². The summed E-state index contributed by atoms with van der Waals surface area (Å²) >= 11 is 0. The molecule has 1 aromatic rings. The molecule has 0 N–H and O–H groups in total. The van der Waals surface area contributed by atoms with Gasteiger partial charge in [-0.3, -0.25) is 4.79 Å². The number of carbonyl (C=O) groups is 1. The Kier molecular flexibility index (Phi) is 2.64. The van der Waals surface area contributed by atoms with Crippen LogP contribution in [-0.4, -0.2) is 5.78 Å². The summed E-state index contributed by atoms with van der Waals surface area (Å²) in [6.45, 7) is 6.17. The molecule has 0 bridgehead atoms. The van der Waals surface area contributed by atoms with Gasteiger partial charge in [-0.15, -0.1) is 0 Å². The van der Waals surface area contributed by atoms with Crippen LogP contribution in [0.5, 0.6) is 0 Å². The lowest BCUT2D eigenvalue weighted by Crippen LogP contribution is -2.03. The van der Waals surface area contributed by atoms with Crippen LogP contribution < -0.4 is 0 Å². The van der Waals surface area contributed by atoms with Gasteiger partial charge >= 0.3 is 0 Å². The molecule has 0 heterocycles. The first kappa shape index (κ1) is 10.4. The van der Waals surface area contributed by atoms with E-state index in [4.69, 9.17) is 0 Å². The minimum absolute atomic E-state index is 0.173. The maximum absolute atomic E-state index is 11.3. The first-order valence-corrected chi connectivity index (χ1v) is 5.73. The van der Waals surface area contributed by atoms with Gasteiger partial charge in [0.2, 0.25) is 0 Å². The van der Waals surface area contributed by atoms with Gasteiger partial charge < -0.3 is 0 Å². The fraction of sp³-hybridized carbons (Fsp3) is 0.500. The number of fused-ring (bicyclic) bond motifs is 1. The Labute approximate surface area is 91.5 Å². The molecule has 0 saturated heterocycles. The summed E-state index contributed by atoms with van der Waals surface area (Å²) < 4.78 is 0. The third kappa shape index (κ3) is 1.83. The molecule has 1 heteroatoms. The average Bonchev–Trinajstić information content (AvgIpc) is 2.59. The zero-order valence-corrected chi connectivity index (χ0v) is 9.71. The standard InChI is InChI=1S/C14H18O/c1-9(2)13-7-6-11-4-5-12(10(3)15)8-14(11)13/h4-5,8-9,13H,6-7H2,1-3H3/t13-/m0/s1. The second kappa shape index (κ2) is 3.80. The van der Waals surface area contributed by atoms with Crippen LogP contribution in [0.2, 0.25) is 0 Å². The molecule has 80 valence electrons. The first-order chi connectivity index (χ1) is 7.09. The molecule has 1 nitrogen and oxygen atoms in total. The highest BCUT2D eigenvalue weighted by atomic mass is 16.1. The summed E-state index contributed by atoms with van der Waals surface area (Å²) in [7, 11) is 0. The van der Waals surface area contributed by atoms with Crippen molar-refractivity contribution in [2.24, 2.45) is 5.92 Å². The summed E-state index contributed by atoms with van der Waals surface area (Å²) in [6, 6.07) is 6.20. The van der Waals surface area contributed by atoms with Gasteiger partial charge in [-0.2, -0.15) is 0 Å². The van der Waals surface area contributed by atoms with Crippen LogP contribution in [0.25, 0.3) is 0 Å². The number of carbonyl (C=O) groups excluding carboxylic acids is 1. The number of aryl methyl sites for hydroxylation is 1. The molecule has 0 aromatic heterocycles. The quantitative estimate of drug-likeness (QED) is 0.670. The monoisotopic (exact) mass is 202 g/mol. The van der Waals surface area contributed by atoms with Crippen LogP contribution in [-0.2, 0) is 6.42 Å². The highest BCUT2D eigenvalue weighted by Crippen LogP contribution is 2.38. The minimum atomic E-state index is 0.173. The molecule has 15 heavy (non-hydrogen) atoms.